The van der Waals surface area contributed by atoms with E-state index >= 15 is 0 Å². The number of rotatable bonds is 7. The second-order valence-electron chi connectivity index (χ2n) is 6.67. The lowest BCUT2D eigenvalue weighted by atomic mass is 9.97. The van der Waals surface area contributed by atoms with Crippen molar-refractivity contribution < 1.29 is 8.42 Å². The van der Waals surface area contributed by atoms with Crippen LogP contribution in [0.1, 0.15) is 44.6 Å². The van der Waals surface area contributed by atoms with Crippen molar-refractivity contribution in [3.63, 3.8) is 0 Å². The van der Waals surface area contributed by atoms with Crippen molar-refractivity contribution in [1.82, 2.24) is 9.62 Å². The Hall–Kier alpha value is -0.430. The Bertz CT molecular complexity index is 557. The number of nitrogens with zero attached hydrogens (tertiary/aromatic N) is 1. The Morgan fingerprint density at radius 3 is 2.48 bits per heavy atom. The molecule has 0 aliphatic carbocycles. The van der Waals surface area contributed by atoms with Crippen molar-refractivity contribution in [3.05, 3.63) is 16.5 Å². The normalized spacial score (nSPS) is 13.1. The lowest BCUT2D eigenvalue weighted by Crippen LogP contribution is -2.34. The minimum atomic E-state index is -3.38. The highest BCUT2D eigenvalue weighted by Gasteiger charge is 2.27. The molecule has 0 aliphatic heterocycles. The van der Waals surface area contributed by atoms with Crippen molar-refractivity contribution in [3.8, 4) is 0 Å². The fourth-order valence-electron chi connectivity index (χ4n) is 2.08. The molecular formula is C15H28N2O2S2. The molecule has 0 aromatic carbocycles. The third-order valence-electron chi connectivity index (χ3n) is 3.07. The molecule has 1 aromatic rings. The van der Waals surface area contributed by atoms with Crippen molar-refractivity contribution in [2.24, 2.45) is 5.41 Å². The van der Waals surface area contributed by atoms with Crippen LogP contribution in [-0.4, -0.2) is 32.9 Å². The van der Waals surface area contributed by atoms with Gasteiger partial charge < -0.3 is 5.32 Å². The molecule has 0 radical (unpaired) electrons. The van der Waals surface area contributed by atoms with Gasteiger partial charge in [-0.3, -0.25) is 0 Å². The number of sulfonamides is 1. The largest absolute Gasteiger partial charge is 0.312 e. The summed E-state index contributed by atoms with van der Waals surface area (Å²) in [6.07, 6.45) is 1.07. The van der Waals surface area contributed by atoms with Crippen LogP contribution < -0.4 is 5.32 Å². The van der Waals surface area contributed by atoms with Gasteiger partial charge in [0.25, 0.3) is 10.0 Å². The monoisotopic (exact) mass is 332 g/mol. The number of nitrogens with one attached hydrogen (secondary N) is 1. The molecule has 0 saturated carbocycles. The first-order valence-corrected chi connectivity index (χ1v) is 9.60. The van der Waals surface area contributed by atoms with E-state index in [1.54, 1.807) is 13.1 Å². The van der Waals surface area contributed by atoms with E-state index in [2.05, 4.69) is 12.2 Å². The van der Waals surface area contributed by atoms with E-state index in [0.717, 1.165) is 30.0 Å². The summed E-state index contributed by atoms with van der Waals surface area (Å²) in [6.45, 7) is 12.4. The number of aryl methyl sites for hydroxylation is 1. The average Bonchev–Trinajstić information content (AvgIpc) is 2.70. The van der Waals surface area contributed by atoms with Crippen LogP contribution in [0.25, 0.3) is 0 Å². The summed E-state index contributed by atoms with van der Waals surface area (Å²) in [7, 11) is -1.72. The molecule has 1 aromatic heterocycles. The summed E-state index contributed by atoms with van der Waals surface area (Å²) in [5, 5.41) is 3.33. The van der Waals surface area contributed by atoms with Crippen LogP contribution in [0.3, 0.4) is 0 Å². The van der Waals surface area contributed by atoms with Crippen LogP contribution in [0, 0.1) is 12.3 Å². The predicted octanol–water partition coefficient (Wildman–Crippen LogP) is 3.22. The van der Waals surface area contributed by atoms with Crippen LogP contribution >= 0.6 is 11.3 Å². The van der Waals surface area contributed by atoms with E-state index in [4.69, 9.17) is 0 Å². The first-order valence-electron chi connectivity index (χ1n) is 7.34. The van der Waals surface area contributed by atoms with Gasteiger partial charge >= 0.3 is 0 Å². The minimum absolute atomic E-state index is 0.0559. The molecule has 0 spiro atoms. The lowest BCUT2D eigenvalue weighted by Gasteiger charge is -2.25. The Kier molecular flexibility index (Phi) is 6.40. The molecule has 0 bridgehead atoms. The SMILES string of the molecule is CCCNCc1sc(S(=O)(=O)N(C)CC(C)(C)C)cc1C. The maximum atomic E-state index is 12.6. The van der Waals surface area contributed by atoms with E-state index in [1.807, 2.05) is 27.7 Å². The zero-order chi connectivity index (χ0) is 16.3. The Labute approximate surface area is 133 Å². The minimum Gasteiger partial charge on any atom is -0.312 e. The number of hydrogen-bond donors (Lipinski definition) is 1. The molecule has 122 valence electrons. The summed E-state index contributed by atoms with van der Waals surface area (Å²) < 4.78 is 27.1. The van der Waals surface area contributed by atoms with Gasteiger partial charge in [0.05, 0.1) is 0 Å². The van der Waals surface area contributed by atoms with E-state index in [-0.39, 0.29) is 5.41 Å². The topological polar surface area (TPSA) is 49.4 Å². The maximum absolute atomic E-state index is 12.6. The molecule has 0 amide bonds. The van der Waals surface area contributed by atoms with Gasteiger partial charge in [-0.15, -0.1) is 11.3 Å². The zero-order valence-corrected chi connectivity index (χ0v) is 15.6. The molecule has 0 aliphatic rings. The molecule has 0 saturated heterocycles. The maximum Gasteiger partial charge on any atom is 0.252 e. The molecule has 1 rings (SSSR count). The smallest absolute Gasteiger partial charge is 0.252 e. The summed E-state index contributed by atoms with van der Waals surface area (Å²) in [5.74, 6) is 0. The molecule has 6 heteroatoms. The molecule has 1 N–H and O–H groups in total. The average molecular weight is 333 g/mol. The van der Waals surface area contributed by atoms with Gasteiger partial charge in [0.15, 0.2) is 0 Å². The number of hydrogen-bond acceptors (Lipinski definition) is 4. The Morgan fingerprint density at radius 2 is 1.95 bits per heavy atom. The summed E-state index contributed by atoms with van der Waals surface area (Å²) >= 11 is 1.38. The van der Waals surface area contributed by atoms with Gasteiger partial charge in [-0.25, -0.2) is 8.42 Å². The highest BCUT2D eigenvalue weighted by atomic mass is 32.2. The van der Waals surface area contributed by atoms with Gasteiger partial charge in [0.2, 0.25) is 0 Å². The predicted molar refractivity (Wildman–Crippen MR) is 90.3 cm³/mol. The third-order valence-corrected chi connectivity index (χ3v) is 6.56. The summed E-state index contributed by atoms with van der Waals surface area (Å²) in [6, 6.07) is 1.79. The Morgan fingerprint density at radius 1 is 1.33 bits per heavy atom. The van der Waals surface area contributed by atoms with Gasteiger partial charge in [-0.1, -0.05) is 27.7 Å². The molecule has 0 atom stereocenters. The molecular weight excluding hydrogens is 304 g/mol. The van der Waals surface area contributed by atoms with Crippen LogP contribution in [0.2, 0.25) is 0 Å². The van der Waals surface area contributed by atoms with Crippen molar-refractivity contribution in [1.29, 1.82) is 0 Å². The molecule has 0 unspecified atom stereocenters. The highest BCUT2D eigenvalue weighted by molar-refractivity contribution is 7.91. The van der Waals surface area contributed by atoms with E-state index in [0.29, 0.717) is 10.8 Å². The summed E-state index contributed by atoms with van der Waals surface area (Å²) in [5.41, 5.74) is 0.992. The summed E-state index contributed by atoms with van der Waals surface area (Å²) in [4.78, 5) is 1.10. The van der Waals surface area contributed by atoms with Crippen molar-refractivity contribution >= 4 is 21.4 Å². The van der Waals surface area contributed by atoms with Gasteiger partial charge in [0.1, 0.15) is 4.21 Å². The van der Waals surface area contributed by atoms with Crippen molar-refractivity contribution in [2.45, 2.75) is 51.8 Å². The molecule has 0 fully saturated rings. The number of thiophene rings is 1. The third kappa shape index (κ3) is 5.36. The zero-order valence-electron chi connectivity index (χ0n) is 14.0. The quantitative estimate of drug-likeness (QED) is 0.780. The highest BCUT2D eigenvalue weighted by Crippen LogP contribution is 2.29. The molecule has 1 heterocycles. The van der Waals surface area contributed by atoms with E-state index in [9.17, 15) is 8.42 Å². The van der Waals surface area contributed by atoms with Crippen LogP contribution in [0.4, 0.5) is 0 Å². The van der Waals surface area contributed by atoms with Crippen LogP contribution in [-0.2, 0) is 16.6 Å². The molecule has 4 nitrogen and oxygen atoms in total. The first-order chi connectivity index (χ1) is 9.58. The van der Waals surface area contributed by atoms with Crippen molar-refractivity contribution in [2.75, 3.05) is 20.1 Å². The van der Waals surface area contributed by atoms with E-state index in [1.165, 1.54) is 15.6 Å². The van der Waals surface area contributed by atoms with Crippen LogP contribution in [0.5, 0.6) is 0 Å². The fraction of sp³-hybridized carbons (Fsp3) is 0.733. The molecule has 21 heavy (non-hydrogen) atoms. The first kappa shape index (κ1) is 18.6. The van der Waals surface area contributed by atoms with E-state index < -0.39 is 10.0 Å². The lowest BCUT2D eigenvalue weighted by molar-refractivity contribution is 0.311. The second kappa shape index (κ2) is 7.22. The van der Waals surface area contributed by atoms with Gasteiger partial charge in [-0.2, -0.15) is 4.31 Å². The van der Waals surface area contributed by atoms with Gasteiger partial charge in [-0.05, 0) is 36.9 Å². The van der Waals surface area contributed by atoms with Gasteiger partial charge in [0, 0.05) is 25.0 Å². The second-order valence-corrected chi connectivity index (χ2v) is 10.1. The Balaban J connectivity index is 2.91. The standard InChI is InChI=1S/C15H28N2O2S2/c1-7-8-16-10-13-12(2)9-14(20-13)21(18,19)17(6)11-15(3,4)5/h9,16H,7-8,10-11H2,1-6H3. The van der Waals surface area contributed by atoms with Crippen LogP contribution in [0.15, 0.2) is 10.3 Å². The fourth-order valence-corrected chi connectivity index (χ4v) is 5.24.